The molecule has 2 aliphatic heterocycles. The number of nitrogens with one attached hydrogen (secondary N) is 4. The molecule has 2 heterocycles. The Morgan fingerprint density at radius 1 is 1.50 bits per heavy atom. The van der Waals surface area contributed by atoms with Crippen molar-refractivity contribution >= 4 is 59.6 Å². The van der Waals surface area contributed by atoms with E-state index in [-0.39, 0.29) is 22.4 Å². The van der Waals surface area contributed by atoms with E-state index in [9.17, 15) is 9.59 Å². The van der Waals surface area contributed by atoms with Crippen LogP contribution in [0.1, 0.15) is 32.6 Å². The van der Waals surface area contributed by atoms with Crippen LogP contribution in [0, 0.1) is 0 Å². The Morgan fingerprint density at radius 2 is 2.31 bits per heavy atom. The molecular weight excluding hydrogens is 485 g/mol. The summed E-state index contributed by atoms with van der Waals surface area (Å²) < 4.78 is 5.63. The van der Waals surface area contributed by atoms with Crippen LogP contribution in [-0.4, -0.2) is 65.2 Å². The summed E-state index contributed by atoms with van der Waals surface area (Å²) >= 11 is 4.10. The molecule has 0 spiro atoms. The molecule has 26 heavy (non-hydrogen) atoms. The highest BCUT2D eigenvalue weighted by Crippen LogP contribution is 2.32. The highest BCUT2D eigenvalue weighted by molar-refractivity contribution is 14.1. The van der Waals surface area contributed by atoms with Crippen LogP contribution in [0.2, 0.25) is 0 Å². The summed E-state index contributed by atoms with van der Waals surface area (Å²) in [5.41, 5.74) is 0. The van der Waals surface area contributed by atoms with E-state index >= 15 is 0 Å². The van der Waals surface area contributed by atoms with Gasteiger partial charge in [-0.25, -0.2) is 4.79 Å². The lowest BCUT2D eigenvalue weighted by Crippen LogP contribution is -2.37. The smallest absolute Gasteiger partial charge is 0.349 e. The molecule has 2 saturated heterocycles. The fourth-order valence-electron chi connectivity index (χ4n) is 3.17. The zero-order chi connectivity index (χ0) is 18.9. The molecule has 3 amide bonds. The molecule has 0 aliphatic carbocycles. The van der Waals surface area contributed by atoms with E-state index in [1.807, 2.05) is 11.8 Å². The standard InChI is InChI=1S/C15H29BIN4O3PS/c1-10(8-24-7-5-13(22)21-16(17)25)18-6-3-2-4-12-14-11(9-26-12)19-15(23)20-14/h10-12,14,18H,2-9,25H2,1H3,(H,21,22)(H2,19,20,23). The second-order valence-corrected chi connectivity index (χ2v) is 11.4. The van der Waals surface area contributed by atoms with Crippen LogP contribution in [0.15, 0.2) is 0 Å². The van der Waals surface area contributed by atoms with Crippen LogP contribution in [-0.2, 0) is 9.53 Å². The topological polar surface area (TPSA) is 91.5 Å². The van der Waals surface area contributed by atoms with Crippen LogP contribution in [0.25, 0.3) is 0 Å². The number of urea groups is 1. The Kier molecular flexibility index (Phi) is 10.3. The van der Waals surface area contributed by atoms with Crippen LogP contribution < -0.4 is 21.2 Å². The van der Waals surface area contributed by atoms with E-state index in [2.05, 4.69) is 59.6 Å². The maximum Gasteiger partial charge on any atom is 0.349 e. The van der Waals surface area contributed by atoms with Gasteiger partial charge in [-0.1, -0.05) is 6.42 Å². The molecule has 0 aromatic carbocycles. The second-order valence-electron chi connectivity index (χ2n) is 6.77. The molecule has 2 fully saturated rings. The Morgan fingerprint density at radius 3 is 3.08 bits per heavy atom. The van der Waals surface area contributed by atoms with Gasteiger partial charge in [-0.05, 0) is 26.3 Å². The minimum absolute atomic E-state index is 0.0130. The lowest BCUT2D eigenvalue weighted by molar-refractivity contribution is -0.120. The highest BCUT2D eigenvalue weighted by Gasteiger charge is 2.42. The van der Waals surface area contributed by atoms with Gasteiger partial charge in [0.05, 0.1) is 25.3 Å². The first-order valence-electron chi connectivity index (χ1n) is 9.14. The first-order valence-corrected chi connectivity index (χ1v) is 12.1. The molecule has 0 saturated carbocycles. The maximum absolute atomic E-state index is 11.5. The van der Waals surface area contributed by atoms with Crippen molar-refractivity contribution in [2.24, 2.45) is 0 Å². The zero-order valence-electron chi connectivity index (χ0n) is 15.1. The third-order valence-electron chi connectivity index (χ3n) is 4.49. The number of fused-ring (bicyclic) bond motifs is 1. The molecule has 0 aromatic rings. The third kappa shape index (κ3) is 8.08. The minimum atomic E-state index is -0.0130. The van der Waals surface area contributed by atoms with Gasteiger partial charge in [-0.3, -0.25) is 4.79 Å². The first kappa shape index (κ1) is 22.5. The van der Waals surface area contributed by atoms with Crippen molar-refractivity contribution in [3.05, 3.63) is 0 Å². The van der Waals surface area contributed by atoms with E-state index in [0.717, 1.165) is 31.6 Å². The van der Waals surface area contributed by atoms with Crippen LogP contribution in [0.5, 0.6) is 0 Å². The van der Waals surface area contributed by atoms with Crippen LogP contribution in [0.3, 0.4) is 0 Å². The quantitative estimate of drug-likeness (QED) is 0.103. The Labute approximate surface area is 176 Å². The molecule has 0 bridgehead atoms. The Balaban J connectivity index is 1.43. The van der Waals surface area contributed by atoms with Crippen molar-refractivity contribution in [1.29, 1.82) is 0 Å². The Hall–Kier alpha value is 0.235. The van der Waals surface area contributed by atoms with Gasteiger partial charge >= 0.3 is 10.5 Å². The number of hydrogen-bond donors (Lipinski definition) is 4. The van der Waals surface area contributed by atoms with Gasteiger partial charge in [0.15, 0.2) is 0 Å². The van der Waals surface area contributed by atoms with Crippen molar-refractivity contribution in [2.45, 2.75) is 56.0 Å². The average Bonchev–Trinajstić information content (AvgIpc) is 3.10. The molecular formula is C15H29BIN4O3PS. The molecule has 7 nitrogen and oxygen atoms in total. The lowest BCUT2D eigenvalue weighted by Gasteiger charge is -2.17. The average molecular weight is 514 g/mol. The number of halogens is 1. The number of hydrogen-bond acceptors (Lipinski definition) is 5. The van der Waals surface area contributed by atoms with Gasteiger partial charge in [-0.2, -0.15) is 11.8 Å². The number of amides is 3. The summed E-state index contributed by atoms with van der Waals surface area (Å²) in [7, 11) is 2.53. The number of thioether (sulfide) groups is 1. The van der Waals surface area contributed by atoms with Crippen molar-refractivity contribution in [2.75, 3.05) is 25.5 Å². The van der Waals surface area contributed by atoms with Gasteiger partial charge in [0.1, 0.15) is 0 Å². The van der Waals surface area contributed by atoms with Gasteiger partial charge in [0.2, 0.25) is 5.91 Å². The summed E-state index contributed by atoms with van der Waals surface area (Å²) in [6.07, 6.45) is 3.81. The number of carbonyl (C=O) groups excluding carboxylic acids is 2. The summed E-state index contributed by atoms with van der Waals surface area (Å²) in [4.78, 5) is 22.9. The number of unbranched alkanes of at least 4 members (excludes halogenated alkanes) is 1. The minimum Gasteiger partial charge on any atom is -0.386 e. The summed E-state index contributed by atoms with van der Waals surface area (Å²) in [6, 6.07) is 0.883. The predicted molar refractivity (Wildman–Crippen MR) is 120 cm³/mol. The molecule has 0 radical (unpaired) electrons. The normalized spacial score (nSPS) is 25.3. The first-order chi connectivity index (χ1) is 12.5. The van der Waals surface area contributed by atoms with Crippen LogP contribution >= 0.6 is 43.3 Å². The predicted octanol–water partition coefficient (Wildman–Crippen LogP) is 1.12. The fraction of sp³-hybridized carbons (Fsp3) is 0.867. The zero-order valence-corrected chi connectivity index (χ0v) is 19.3. The number of carbonyl (C=O) groups is 2. The SMILES string of the molecule is CC(COCCC(=O)NB(P)I)NCCCCC1SCC2NC(=O)NC21. The van der Waals surface area contributed by atoms with E-state index in [1.165, 1.54) is 0 Å². The van der Waals surface area contributed by atoms with Gasteiger partial charge in [-0.15, -0.1) is 31.5 Å². The molecule has 5 atom stereocenters. The van der Waals surface area contributed by atoms with Gasteiger partial charge in [0, 0.05) is 23.5 Å². The van der Waals surface area contributed by atoms with Crippen molar-refractivity contribution in [3.8, 4) is 0 Å². The third-order valence-corrected chi connectivity index (χ3v) is 6.47. The summed E-state index contributed by atoms with van der Waals surface area (Å²) in [5, 5.41) is 12.8. The molecule has 0 aromatic heterocycles. The molecule has 5 unspecified atom stereocenters. The van der Waals surface area contributed by atoms with E-state index in [0.29, 0.717) is 37.0 Å². The van der Waals surface area contributed by atoms with Gasteiger partial charge in [0.25, 0.3) is 0 Å². The van der Waals surface area contributed by atoms with Crippen LogP contribution in [0.4, 0.5) is 4.79 Å². The van der Waals surface area contributed by atoms with E-state index < -0.39 is 0 Å². The molecule has 4 N–H and O–H groups in total. The monoisotopic (exact) mass is 514 g/mol. The fourth-order valence-corrected chi connectivity index (χ4v) is 5.25. The lowest BCUT2D eigenvalue weighted by atomic mass is 10.0. The summed E-state index contributed by atoms with van der Waals surface area (Å²) in [5.74, 6) is 1.04. The molecule has 2 rings (SSSR count). The van der Waals surface area contributed by atoms with Gasteiger partial charge < -0.3 is 25.9 Å². The van der Waals surface area contributed by atoms with E-state index in [1.54, 1.807) is 0 Å². The second kappa shape index (κ2) is 11.9. The highest BCUT2D eigenvalue weighted by atomic mass is 127. The number of rotatable bonds is 12. The molecule has 11 heteroatoms. The van der Waals surface area contributed by atoms with E-state index in [4.69, 9.17) is 4.74 Å². The van der Waals surface area contributed by atoms with Crippen molar-refractivity contribution < 1.29 is 14.3 Å². The number of ether oxygens (including phenoxy) is 1. The Bertz CT molecular complexity index is 480. The van der Waals surface area contributed by atoms with Crippen molar-refractivity contribution in [3.63, 3.8) is 0 Å². The largest absolute Gasteiger partial charge is 0.386 e. The molecule has 148 valence electrons. The maximum atomic E-state index is 11.5. The summed E-state index contributed by atoms with van der Waals surface area (Å²) in [6.45, 7) is 4.13. The van der Waals surface area contributed by atoms with Crippen molar-refractivity contribution in [1.82, 2.24) is 21.2 Å². The molecule has 2 aliphatic rings.